The molecule has 0 fully saturated rings. The molecule has 0 saturated heterocycles. The van der Waals surface area contributed by atoms with Gasteiger partial charge in [-0.25, -0.2) is 0 Å². The molecule has 0 spiro atoms. The van der Waals surface area contributed by atoms with Crippen LogP contribution in [0.25, 0.3) is 0 Å². The first kappa shape index (κ1) is 14.4. The summed E-state index contributed by atoms with van der Waals surface area (Å²) in [5, 5.41) is 10.8. The van der Waals surface area contributed by atoms with Gasteiger partial charge in [0.2, 0.25) is 0 Å². The molecular weight excluding hydrogens is 192 g/mol. The third-order valence-electron chi connectivity index (χ3n) is 2.77. The van der Waals surface area contributed by atoms with Gasteiger partial charge < -0.3 is 14.6 Å². The fraction of sp³-hybridized carbons (Fsp3) is 0.917. The Kier molecular flexibility index (Phi) is 7.39. The maximum Gasteiger partial charge on any atom is 0.104 e. The Balaban J connectivity index is 3.60. The summed E-state index contributed by atoms with van der Waals surface area (Å²) in [7, 11) is 0. The quantitative estimate of drug-likeness (QED) is 0.552. The Morgan fingerprint density at radius 1 is 1.20 bits per heavy atom. The highest BCUT2D eigenvalue weighted by molar-refractivity contribution is 5.74. The van der Waals surface area contributed by atoms with Gasteiger partial charge in [-0.2, -0.15) is 0 Å². The summed E-state index contributed by atoms with van der Waals surface area (Å²) in [5.41, 5.74) is -1.11. The summed E-state index contributed by atoms with van der Waals surface area (Å²) < 4.78 is 5.36. The van der Waals surface area contributed by atoms with E-state index in [1.54, 1.807) is 13.8 Å². The largest absolute Gasteiger partial charge is 0.547 e. The van der Waals surface area contributed by atoms with Crippen molar-refractivity contribution >= 4 is 5.97 Å². The van der Waals surface area contributed by atoms with Crippen LogP contribution in [0, 0.1) is 0 Å². The number of carbonyl (C=O) groups is 1. The van der Waals surface area contributed by atoms with Crippen LogP contribution >= 0.6 is 0 Å². The van der Waals surface area contributed by atoms with Crippen LogP contribution in [0.1, 0.15) is 59.3 Å². The molecule has 15 heavy (non-hydrogen) atoms. The molecule has 1 unspecified atom stereocenters. The van der Waals surface area contributed by atoms with Gasteiger partial charge in [0.15, 0.2) is 0 Å². The molecule has 0 aromatic heterocycles. The third-order valence-corrected chi connectivity index (χ3v) is 2.77. The molecule has 0 N–H and O–H groups in total. The number of aliphatic carboxylic acids is 1. The minimum Gasteiger partial charge on any atom is -0.547 e. The zero-order chi connectivity index (χ0) is 11.7. The Morgan fingerprint density at radius 3 is 2.27 bits per heavy atom. The zero-order valence-corrected chi connectivity index (χ0v) is 10.2. The third kappa shape index (κ3) is 5.78. The molecule has 0 radical (unpaired) electrons. The van der Waals surface area contributed by atoms with Crippen LogP contribution < -0.4 is 5.11 Å². The van der Waals surface area contributed by atoms with Crippen LogP contribution in [0.15, 0.2) is 0 Å². The van der Waals surface area contributed by atoms with Crippen LogP contribution in [-0.4, -0.2) is 18.2 Å². The molecule has 0 rings (SSSR count). The van der Waals surface area contributed by atoms with Crippen molar-refractivity contribution in [2.24, 2.45) is 0 Å². The molecule has 90 valence electrons. The summed E-state index contributed by atoms with van der Waals surface area (Å²) in [6.45, 7) is 6.06. The SMILES string of the molecule is CCCCCCCOC(C)(CC)C(=O)[O-]. The lowest BCUT2D eigenvalue weighted by atomic mass is 10.0. The van der Waals surface area contributed by atoms with Crippen LogP contribution in [0.5, 0.6) is 0 Å². The van der Waals surface area contributed by atoms with Gasteiger partial charge in [-0.1, -0.05) is 39.5 Å². The lowest BCUT2D eigenvalue weighted by Gasteiger charge is -2.29. The number of unbranched alkanes of at least 4 members (excludes halogenated alkanes) is 4. The summed E-state index contributed by atoms with van der Waals surface area (Å²) in [6, 6.07) is 0. The molecule has 0 amide bonds. The standard InChI is InChI=1S/C12H24O3/c1-4-6-7-8-9-10-15-12(3,5-2)11(13)14/h4-10H2,1-3H3,(H,13,14)/p-1. The lowest BCUT2D eigenvalue weighted by molar-refractivity contribution is -0.326. The molecule has 0 aliphatic carbocycles. The summed E-state index contributed by atoms with van der Waals surface area (Å²) in [6.07, 6.45) is 6.15. The van der Waals surface area contributed by atoms with Crippen molar-refractivity contribution in [3.05, 3.63) is 0 Å². The number of carboxylic acids is 1. The first-order valence-corrected chi connectivity index (χ1v) is 5.92. The molecule has 0 aromatic rings. The fourth-order valence-corrected chi connectivity index (χ4v) is 1.31. The van der Waals surface area contributed by atoms with E-state index in [4.69, 9.17) is 4.74 Å². The Morgan fingerprint density at radius 2 is 1.80 bits per heavy atom. The minimum absolute atomic E-state index is 0.449. The van der Waals surface area contributed by atoms with Gasteiger partial charge in [0.05, 0.1) is 5.97 Å². The van der Waals surface area contributed by atoms with Crippen molar-refractivity contribution in [2.45, 2.75) is 64.9 Å². The average Bonchev–Trinajstić information content (AvgIpc) is 2.22. The maximum atomic E-state index is 10.8. The van der Waals surface area contributed by atoms with E-state index in [1.807, 2.05) is 0 Å². The van der Waals surface area contributed by atoms with E-state index < -0.39 is 11.6 Å². The van der Waals surface area contributed by atoms with E-state index in [9.17, 15) is 9.90 Å². The first-order valence-electron chi connectivity index (χ1n) is 5.92. The second-order valence-corrected chi connectivity index (χ2v) is 4.13. The van der Waals surface area contributed by atoms with Gasteiger partial charge in [0.1, 0.15) is 5.60 Å². The maximum absolute atomic E-state index is 10.8. The van der Waals surface area contributed by atoms with Gasteiger partial charge in [0.25, 0.3) is 0 Å². The smallest absolute Gasteiger partial charge is 0.104 e. The van der Waals surface area contributed by atoms with Gasteiger partial charge in [-0.15, -0.1) is 0 Å². The summed E-state index contributed by atoms with van der Waals surface area (Å²) in [4.78, 5) is 10.8. The first-order chi connectivity index (χ1) is 7.06. The lowest BCUT2D eigenvalue weighted by Crippen LogP contribution is -2.47. The predicted molar refractivity (Wildman–Crippen MR) is 58.4 cm³/mol. The van der Waals surface area contributed by atoms with E-state index in [0.29, 0.717) is 13.0 Å². The van der Waals surface area contributed by atoms with E-state index in [-0.39, 0.29) is 0 Å². The number of hydrogen-bond donors (Lipinski definition) is 0. The van der Waals surface area contributed by atoms with Crippen LogP contribution in [-0.2, 0) is 9.53 Å². The second kappa shape index (κ2) is 7.69. The molecule has 0 heterocycles. The van der Waals surface area contributed by atoms with Crippen LogP contribution in [0.2, 0.25) is 0 Å². The topological polar surface area (TPSA) is 49.4 Å². The number of carboxylic acid groups (broad SMARTS) is 1. The van der Waals surface area contributed by atoms with Crippen molar-refractivity contribution in [2.75, 3.05) is 6.61 Å². The number of rotatable bonds is 9. The normalized spacial score (nSPS) is 14.9. The van der Waals surface area contributed by atoms with E-state index in [2.05, 4.69) is 6.92 Å². The Hall–Kier alpha value is -0.570. The number of carbonyl (C=O) groups excluding carboxylic acids is 1. The van der Waals surface area contributed by atoms with Gasteiger partial charge in [0, 0.05) is 6.61 Å². The van der Waals surface area contributed by atoms with Crippen molar-refractivity contribution in [1.82, 2.24) is 0 Å². The Bertz CT molecular complexity index is 180. The van der Waals surface area contributed by atoms with Crippen LogP contribution in [0.4, 0.5) is 0 Å². The predicted octanol–water partition coefficient (Wildman–Crippen LogP) is 1.89. The highest BCUT2D eigenvalue weighted by Crippen LogP contribution is 2.15. The van der Waals surface area contributed by atoms with E-state index in [0.717, 1.165) is 12.8 Å². The van der Waals surface area contributed by atoms with E-state index in [1.165, 1.54) is 19.3 Å². The highest BCUT2D eigenvalue weighted by atomic mass is 16.5. The molecule has 0 bridgehead atoms. The second-order valence-electron chi connectivity index (χ2n) is 4.13. The molecule has 0 aliphatic heterocycles. The van der Waals surface area contributed by atoms with Gasteiger partial charge in [-0.3, -0.25) is 0 Å². The molecule has 3 nitrogen and oxygen atoms in total. The average molecular weight is 215 g/mol. The van der Waals surface area contributed by atoms with Crippen molar-refractivity contribution in [3.63, 3.8) is 0 Å². The van der Waals surface area contributed by atoms with Crippen molar-refractivity contribution < 1.29 is 14.6 Å². The summed E-state index contributed by atoms with van der Waals surface area (Å²) >= 11 is 0. The van der Waals surface area contributed by atoms with Gasteiger partial charge in [-0.05, 0) is 19.8 Å². The van der Waals surface area contributed by atoms with Crippen molar-refractivity contribution in [1.29, 1.82) is 0 Å². The molecule has 0 aliphatic rings. The molecule has 0 aromatic carbocycles. The van der Waals surface area contributed by atoms with Gasteiger partial charge >= 0.3 is 0 Å². The monoisotopic (exact) mass is 215 g/mol. The van der Waals surface area contributed by atoms with E-state index >= 15 is 0 Å². The number of ether oxygens (including phenoxy) is 1. The molecule has 1 atom stereocenters. The van der Waals surface area contributed by atoms with Crippen molar-refractivity contribution in [3.8, 4) is 0 Å². The van der Waals surface area contributed by atoms with Crippen LogP contribution in [0.3, 0.4) is 0 Å². The molecular formula is C12H23O3-. The molecule has 3 heteroatoms. The zero-order valence-electron chi connectivity index (χ0n) is 10.2. The summed E-state index contributed by atoms with van der Waals surface area (Å²) in [5.74, 6) is -1.11. The highest BCUT2D eigenvalue weighted by Gasteiger charge is 2.23. The Labute approximate surface area is 92.8 Å². The minimum atomic E-state index is -1.11. The molecule has 0 saturated carbocycles. The fourth-order valence-electron chi connectivity index (χ4n) is 1.31. The number of hydrogen-bond acceptors (Lipinski definition) is 3.